The molecular weight excluding hydrogens is 280 g/mol. The number of hydrogen-bond acceptors (Lipinski definition) is 4. The molecule has 0 aliphatic carbocycles. The molecule has 6 nitrogen and oxygen atoms in total. The fourth-order valence-corrected chi connectivity index (χ4v) is 1.82. The van der Waals surface area contributed by atoms with E-state index in [1.165, 1.54) is 18.5 Å². The number of hydrogen-bond donors (Lipinski definition) is 3. The van der Waals surface area contributed by atoms with Crippen LogP contribution in [0.25, 0.3) is 0 Å². The molecule has 2 rings (SSSR count). The molecule has 0 atom stereocenters. The lowest BCUT2D eigenvalue weighted by atomic mass is 10.1. The summed E-state index contributed by atoms with van der Waals surface area (Å²) in [6, 6.07) is 8.20. The van der Waals surface area contributed by atoms with Crippen LogP contribution in [0.5, 0.6) is 0 Å². The van der Waals surface area contributed by atoms with E-state index in [1.807, 2.05) is 0 Å². The minimum Gasteiger partial charge on any atom is -0.409 e. The number of carbonyl (C=O) groups excluding carboxylic acids is 1. The Morgan fingerprint density at radius 3 is 2.75 bits per heavy atom. The first-order valence-electron chi connectivity index (χ1n) is 5.61. The normalized spacial score (nSPS) is 11.2. The highest BCUT2D eigenvalue weighted by Crippen LogP contribution is 2.19. The number of rotatable bonds is 3. The third-order valence-electron chi connectivity index (χ3n) is 2.58. The average molecular weight is 291 g/mol. The van der Waals surface area contributed by atoms with E-state index in [0.29, 0.717) is 11.3 Å². The van der Waals surface area contributed by atoms with Gasteiger partial charge in [0, 0.05) is 18.0 Å². The summed E-state index contributed by atoms with van der Waals surface area (Å²) < 4.78 is 0. The van der Waals surface area contributed by atoms with Crippen LogP contribution in [0.15, 0.2) is 47.9 Å². The van der Waals surface area contributed by atoms with Gasteiger partial charge in [-0.05, 0) is 18.2 Å². The minimum absolute atomic E-state index is 0.0956. The molecular formula is C13H11ClN4O2. The van der Waals surface area contributed by atoms with Crippen molar-refractivity contribution in [1.29, 1.82) is 0 Å². The molecule has 4 N–H and O–H groups in total. The Morgan fingerprint density at radius 1 is 1.30 bits per heavy atom. The zero-order chi connectivity index (χ0) is 14.5. The van der Waals surface area contributed by atoms with E-state index in [2.05, 4.69) is 15.5 Å². The SMILES string of the molecule is NC(=NO)c1ccccc1NC(=O)c1ccncc1Cl. The topological polar surface area (TPSA) is 101 Å². The Balaban J connectivity index is 2.32. The predicted molar refractivity (Wildman–Crippen MR) is 76.2 cm³/mol. The minimum atomic E-state index is -0.407. The van der Waals surface area contributed by atoms with Gasteiger partial charge in [-0.2, -0.15) is 0 Å². The van der Waals surface area contributed by atoms with Crippen LogP contribution in [0.4, 0.5) is 5.69 Å². The van der Waals surface area contributed by atoms with Crippen molar-refractivity contribution < 1.29 is 10.0 Å². The zero-order valence-electron chi connectivity index (χ0n) is 10.2. The first kappa shape index (κ1) is 13.8. The number of halogens is 1. The van der Waals surface area contributed by atoms with E-state index in [4.69, 9.17) is 22.5 Å². The Hall–Kier alpha value is -2.60. The van der Waals surface area contributed by atoms with Gasteiger partial charge in [0.15, 0.2) is 5.84 Å². The molecule has 2 aromatic rings. The quantitative estimate of drug-likeness (QED) is 0.349. The lowest BCUT2D eigenvalue weighted by molar-refractivity contribution is 0.102. The molecule has 0 unspecified atom stereocenters. The fourth-order valence-electron chi connectivity index (χ4n) is 1.62. The van der Waals surface area contributed by atoms with Gasteiger partial charge in [-0.15, -0.1) is 0 Å². The molecule has 1 heterocycles. The summed E-state index contributed by atoms with van der Waals surface area (Å²) in [6.07, 6.45) is 2.85. The van der Waals surface area contributed by atoms with Crippen molar-refractivity contribution in [3.63, 3.8) is 0 Å². The van der Waals surface area contributed by atoms with Crippen LogP contribution in [0.1, 0.15) is 15.9 Å². The van der Waals surface area contributed by atoms with Gasteiger partial charge in [0.1, 0.15) is 0 Å². The second-order valence-electron chi connectivity index (χ2n) is 3.84. The van der Waals surface area contributed by atoms with Gasteiger partial charge in [-0.1, -0.05) is 28.9 Å². The van der Waals surface area contributed by atoms with Gasteiger partial charge in [0.2, 0.25) is 0 Å². The molecule has 0 saturated carbocycles. The van der Waals surface area contributed by atoms with Gasteiger partial charge in [0.25, 0.3) is 5.91 Å². The maximum Gasteiger partial charge on any atom is 0.257 e. The molecule has 1 aromatic heterocycles. The first-order chi connectivity index (χ1) is 9.63. The number of nitrogens with zero attached hydrogens (tertiary/aromatic N) is 2. The number of carbonyl (C=O) groups is 1. The second-order valence-corrected chi connectivity index (χ2v) is 4.25. The monoisotopic (exact) mass is 290 g/mol. The number of para-hydroxylation sites is 1. The molecule has 0 aliphatic rings. The number of anilines is 1. The van der Waals surface area contributed by atoms with Crippen LogP contribution in [0, 0.1) is 0 Å². The summed E-state index contributed by atoms with van der Waals surface area (Å²) >= 11 is 5.90. The Labute approximate surface area is 119 Å². The molecule has 0 fully saturated rings. The van der Waals surface area contributed by atoms with Crippen molar-refractivity contribution in [3.8, 4) is 0 Å². The van der Waals surface area contributed by atoms with Crippen molar-refractivity contribution in [2.75, 3.05) is 5.32 Å². The van der Waals surface area contributed by atoms with Crippen LogP contribution in [-0.2, 0) is 0 Å². The molecule has 0 aliphatic heterocycles. The molecule has 7 heteroatoms. The molecule has 0 spiro atoms. The molecule has 0 bridgehead atoms. The maximum absolute atomic E-state index is 12.1. The molecule has 102 valence electrons. The van der Waals surface area contributed by atoms with E-state index in [0.717, 1.165) is 0 Å². The number of oxime groups is 1. The summed E-state index contributed by atoms with van der Waals surface area (Å²) in [5.74, 6) is -0.502. The van der Waals surface area contributed by atoms with E-state index < -0.39 is 5.91 Å². The van der Waals surface area contributed by atoms with Crippen LogP contribution < -0.4 is 11.1 Å². The first-order valence-corrected chi connectivity index (χ1v) is 5.99. The number of pyridine rings is 1. The van der Waals surface area contributed by atoms with Crippen LogP contribution in [0.2, 0.25) is 5.02 Å². The van der Waals surface area contributed by atoms with Gasteiger partial charge < -0.3 is 16.3 Å². The predicted octanol–water partition coefficient (Wildman–Crippen LogP) is 2.08. The maximum atomic E-state index is 12.1. The number of nitrogens with two attached hydrogens (primary N) is 1. The number of nitrogens with one attached hydrogen (secondary N) is 1. The summed E-state index contributed by atoms with van der Waals surface area (Å²) in [6.45, 7) is 0. The van der Waals surface area contributed by atoms with Crippen LogP contribution in [0.3, 0.4) is 0 Å². The average Bonchev–Trinajstić information content (AvgIpc) is 2.47. The Bertz CT molecular complexity index is 673. The Morgan fingerprint density at radius 2 is 2.05 bits per heavy atom. The summed E-state index contributed by atoms with van der Waals surface area (Å²) in [5, 5.41) is 14.6. The number of benzene rings is 1. The van der Waals surface area contributed by atoms with E-state index in [1.54, 1.807) is 24.3 Å². The highest BCUT2D eigenvalue weighted by molar-refractivity contribution is 6.34. The van der Waals surface area contributed by atoms with Crippen molar-refractivity contribution in [1.82, 2.24) is 4.98 Å². The van der Waals surface area contributed by atoms with Gasteiger partial charge in [-0.3, -0.25) is 9.78 Å². The van der Waals surface area contributed by atoms with E-state index >= 15 is 0 Å². The third-order valence-corrected chi connectivity index (χ3v) is 2.88. The van der Waals surface area contributed by atoms with Gasteiger partial charge >= 0.3 is 0 Å². The van der Waals surface area contributed by atoms with Crippen molar-refractivity contribution >= 4 is 29.0 Å². The fraction of sp³-hybridized carbons (Fsp3) is 0. The van der Waals surface area contributed by atoms with E-state index in [-0.39, 0.29) is 16.4 Å². The molecule has 0 radical (unpaired) electrons. The van der Waals surface area contributed by atoms with Crippen molar-refractivity contribution in [2.45, 2.75) is 0 Å². The molecule has 1 amide bonds. The number of amides is 1. The molecule has 1 aromatic carbocycles. The third kappa shape index (κ3) is 2.86. The van der Waals surface area contributed by atoms with Crippen LogP contribution in [-0.4, -0.2) is 21.9 Å². The number of aromatic nitrogens is 1. The van der Waals surface area contributed by atoms with Crippen molar-refractivity contribution in [2.24, 2.45) is 10.9 Å². The molecule has 20 heavy (non-hydrogen) atoms. The zero-order valence-corrected chi connectivity index (χ0v) is 11.0. The van der Waals surface area contributed by atoms with E-state index in [9.17, 15) is 4.79 Å². The number of amidine groups is 1. The van der Waals surface area contributed by atoms with Gasteiger partial charge in [-0.25, -0.2) is 0 Å². The second kappa shape index (κ2) is 6.03. The highest BCUT2D eigenvalue weighted by Gasteiger charge is 2.13. The molecule has 0 saturated heterocycles. The standard InChI is InChI=1S/C13H11ClN4O2/c14-10-7-16-6-5-8(10)13(19)17-11-4-2-1-3-9(11)12(15)18-20/h1-7,20H,(H2,15,18)(H,17,19). The van der Waals surface area contributed by atoms with Crippen LogP contribution >= 0.6 is 11.6 Å². The lowest BCUT2D eigenvalue weighted by Crippen LogP contribution is -2.19. The van der Waals surface area contributed by atoms with Crippen molar-refractivity contribution in [3.05, 3.63) is 58.9 Å². The smallest absolute Gasteiger partial charge is 0.257 e. The largest absolute Gasteiger partial charge is 0.409 e. The summed E-state index contributed by atoms with van der Waals surface area (Å²) in [4.78, 5) is 15.9. The summed E-state index contributed by atoms with van der Waals surface area (Å²) in [5.41, 5.74) is 6.67. The Kier molecular flexibility index (Phi) is 4.17. The lowest BCUT2D eigenvalue weighted by Gasteiger charge is -2.10. The summed E-state index contributed by atoms with van der Waals surface area (Å²) in [7, 11) is 0. The highest BCUT2D eigenvalue weighted by atomic mass is 35.5. The van der Waals surface area contributed by atoms with Gasteiger partial charge in [0.05, 0.1) is 16.3 Å².